The Balaban J connectivity index is 1.63. The van der Waals surface area contributed by atoms with Gasteiger partial charge in [-0.15, -0.1) is 0 Å². The van der Waals surface area contributed by atoms with Crippen molar-refractivity contribution in [3.63, 3.8) is 0 Å². The Morgan fingerprint density at radius 3 is 2.43 bits per heavy atom. The molecule has 0 fully saturated rings. The number of ether oxygens (including phenoxy) is 1. The number of anilines is 1. The van der Waals surface area contributed by atoms with Gasteiger partial charge in [0.05, 0.1) is 17.5 Å². The highest BCUT2D eigenvalue weighted by Gasteiger charge is 2.15. The highest BCUT2D eigenvalue weighted by Crippen LogP contribution is 2.29. The van der Waals surface area contributed by atoms with E-state index in [-0.39, 0.29) is 11.3 Å². The summed E-state index contributed by atoms with van der Waals surface area (Å²) in [5, 5.41) is 13.0. The molecule has 1 amide bonds. The molecule has 0 aliphatic carbocycles. The number of benzene rings is 3. The molecule has 4 rings (SSSR count). The lowest BCUT2D eigenvalue weighted by Gasteiger charge is -2.12. The van der Waals surface area contributed by atoms with Gasteiger partial charge in [-0.1, -0.05) is 18.2 Å². The molecule has 0 spiro atoms. The largest absolute Gasteiger partial charge is 0.478 e. The monoisotopic (exact) mass is 373 g/mol. The third-order valence-electron chi connectivity index (χ3n) is 4.17. The molecule has 6 nitrogen and oxygen atoms in total. The second kappa shape index (κ2) is 7.28. The number of carbonyl (C=O) groups excluding carboxylic acids is 1. The lowest BCUT2D eigenvalue weighted by atomic mass is 10.1. The van der Waals surface area contributed by atoms with Gasteiger partial charge in [0, 0.05) is 17.0 Å². The van der Waals surface area contributed by atoms with E-state index in [1.165, 1.54) is 12.1 Å². The fourth-order valence-corrected chi connectivity index (χ4v) is 2.81. The minimum Gasteiger partial charge on any atom is -0.478 e. The molecular formula is C22H15NO5. The molecule has 0 radical (unpaired) electrons. The number of hydrogen-bond acceptors (Lipinski definition) is 4. The predicted molar refractivity (Wildman–Crippen MR) is 104 cm³/mol. The van der Waals surface area contributed by atoms with Crippen LogP contribution >= 0.6 is 0 Å². The van der Waals surface area contributed by atoms with Crippen molar-refractivity contribution in [1.29, 1.82) is 0 Å². The Morgan fingerprint density at radius 1 is 0.893 bits per heavy atom. The van der Waals surface area contributed by atoms with Gasteiger partial charge in [-0.2, -0.15) is 0 Å². The maximum atomic E-state index is 12.4. The van der Waals surface area contributed by atoms with E-state index < -0.39 is 11.9 Å². The molecule has 0 aliphatic heterocycles. The van der Waals surface area contributed by atoms with Gasteiger partial charge in [0.25, 0.3) is 5.91 Å². The van der Waals surface area contributed by atoms with E-state index >= 15 is 0 Å². The van der Waals surface area contributed by atoms with Crippen molar-refractivity contribution in [2.24, 2.45) is 0 Å². The van der Waals surface area contributed by atoms with E-state index in [1.807, 2.05) is 12.1 Å². The molecule has 1 aromatic heterocycles. The number of carbonyl (C=O) groups is 2. The van der Waals surface area contributed by atoms with Crippen LogP contribution in [-0.4, -0.2) is 17.0 Å². The van der Waals surface area contributed by atoms with E-state index in [0.29, 0.717) is 17.1 Å². The van der Waals surface area contributed by atoms with Crippen molar-refractivity contribution in [2.45, 2.75) is 0 Å². The van der Waals surface area contributed by atoms with Gasteiger partial charge in [0.15, 0.2) is 0 Å². The lowest BCUT2D eigenvalue weighted by Crippen LogP contribution is -2.14. The highest BCUT2D eigenvalue weighted by molar-refractivity contribution is 6.07. The molecule has 1 heterocycles. The molecule has 28 heavy (non-hydrogen) atoms. The van der Waals surface area contributed by atoms with Gasteiger partial charge in [-0.05, 0) is 48.5 Å². The first-order chi connectivity index (χ1) is 13.6. The van der Waals surface area contributed by atoms with E-state index in [9.17, 15) is 14.7 Å². The molecule has 0 saturated heterocycles. The molecule has 6 heteroatoms. The zero-order valence-corrected chi connectivity index (χ0v) is 14.6. The molecule has 4 aromatic rings. The summed E-state index contributed by atoms with van der Waals surface area (Å²) >= 11 is 0. The SMILES string of the molecule is O=C(Nc1cc(Oc2ccc3occc3c2)ccc1C(=O)O)c1ccccc1. The summed E-state index contributed by atoms with van der Waals surface area (Å²) in [5.41, 5.74) is 1.30. The first-order valence-corrected chi connectivity index (χ1v) is 8.49. The molecule has 0 saturated carbocycles. The smallest absolute Gasteiger partial charge is 0.337 e. The van der Waals surface area contributed by atoms with E-state index in [2.05, 4.69) is 5.32 Å². The Labute approximate surface area is 160 Å². The zero-order valence-electron chi connectivity index (χ0n) is 14.6. The van der Waals surface area contributed by atoms with Crippen molar-refractivity contribution in [3.05, 3.63) is 90.2 Å². The van der Waals surface area contributed by atoms with Crippen molar-refractivity contribution >= 4 is 28.5 Å². The molecule has 0 aliphatic rings. The summed E-state index contributed by atoms with van der Waals surface area (Å²) in [4.78, 5) is 23.9. The predicted octanol–water partition coefficient (Wildman–Crippen LogP) is 5.18. The van der Waals surface area contributed by atoms with Crippen LogP contribution in [0.4, 0.5) is 5.69 Å². The Bertz CT molecular complexity index is 1160. The topological polar surface area (TPSA) is 88.8 Å². The van der Waals surface area contributed by atoms with Gasteiger partial charge < -0.3 is 19.6 Å². The number of nitrogens with one attached hydrogen (secondary N) is 1. The summed E-state index contributed by atoms with van der Waals surface area (Å²) in [6, 6.07) is 20.2. The normalized spacial score (nSPS) is 10.6. The van der Waals surface area contributed by atoms with Crippen LogP contribution in [0.1, 0.15) is 20.7 Å². The Morgan fingerprint density at radius 2 is 1.64 bits per heavy atom. The lowest BCUT2D eigenvalue weighted by molar-refractivity contribution is 0.0698. The van der Waals surface area contributed by atoms with Crippen molar-refractivity contribution in [3.8, 4) is 11.5 Å². The molecule has 3 aromatic carbocycles. The molecule has 0 atom stereocenters. The standard InChI is InChI=1S/C22H15NO5/c24-21(14-4-2-1-3-5-14)23-19-13-17(6-8-18(19)22(25)26)28-16-7-9-20-15(12-16)10-11-27-20/h1-13H,(H,23,24)(H,25,26). The number of furan rings is 1. The summed E-state index contributed by atoms with van der Waals surface area (Å²) in [6.07, 6.45) is 1.59. The maximum Gasteiger partial charge on any atom is 0.337 e. The average Bonchev–Trinajstić information content (AvgIpc) is 3.16. The second-order valence-corrected chi connectivity index (χ2v) is 6.05. The van der Waals surface area contributed by atoms with E-state index in [4.69, 9.17) is 9.15 Å². The minimum atomic E-state index is -1.14. The van der Waals surface area contributed by atoms with Crippen molar-refractivity contribution < 1.29 is 23.8 Å². The van der Waals surface area contributed by atoms with Crippen LogP contribution in [-0.2, 0) is 0 Å². The molecule has 0 bridgehead atoms. The number of carboxylic acid groups (broad SMARTS) is 1. The number of amides is 1. The van der Waals surface area contributed by atoms with Crippen LogP contribution in [0.25, 0.3) is 11.0 Å². The van der Waals surface area contributed by atoms with Crippen LogP contribution < -0.4 is 10.1 Å². The van der Waals surface area contributed by atoms with E-state index in [1.54, 1.807) is 54.8 Å². The summed E-state index contributed by atoms with van der Waals surface area (Å²) in [7, 11) is 0. The number of aromatic carboxylic acids is 1. The van der Waals surface area contributed by atoms with Crippen LogP contribution in [0.5, 0.6) is 11.5 Å². The third-order valence-corrected chi connectivity index (χ3v) is 4.17. The molecule has 2 N–H and O–H groups in total. The molecule has 0 unspecified atom stereocenters. The van der Waals surface area contributed by atoms with Crippen LogP contribution in [0, 0.1) is 0 Å². The first-order valence-electron chi connectivity index (χ1n) is 8.49. The van der Waals surface area contributed by atoms with Crippen LogP contribution in [0.3, 0.4) is 0 Å². The quantitative estimate of drug-likeness (QED) is 0.503. The fraction of sp³-hybridized carbons (Fsp3) is 0. The van der Waals surface area contributed by atoms with Gasteiger partial charge in [-0.3, -0.25) is 4.79 Å². The fourth-order valence-electron chi connectivity index (χ4n) is 2.81. The third kappa shape index (κ3) is 3.57. The minimum absolute atomic E-state index is 0.0260. The van der Waals surface area contributed by atoms with Crippen LogP contribution in [0.15, 0.2) is 83.5 Å². The van der Waals surface area contributed by atoms with Gasteiger partial charge in [0.2, 0.25) is 0 Å². The zero-order chi connectivity index (χ0) is 19.5. The first kappa shape index (κ1) is 17.4. The number of hydrogen-bond donors (Lipinski definition) is 2. The summed E-state index contributed by atoms with van der Waals surface area (Å²) in [6.45, 7) is 0. The maximum absolute atomic E-state index is 12.4. The van der Waals surface area contributed by atoms with E-state index in [0.717, 1.165) is 11.0 Å². The second-order valence-electron chi connectivity index (χ2n) is 6.05. The van der Waals surface area contributed by atoms with Gasteiger partial charge in [0.1, 0.15) is 17.1 Å². The number of rotatable bonds is 5. The molecular weight excluding hydrogens is 358 g/mol. The summed E-state index contributed by atoms with van der Waals surface area (Å²) < 4.78 is 11.1. The van der Waals surface area contributed by atoms with Crippen molar-refractivity contribution in [2.75, 3.05) is 5.32 Å². The van der Waals surface area contributed by atoms with Gasteiger partial charge in [-0.25, -0.2) is 4.79 Å². The van der Waals surface area contributed by atoms with Crippen molar-refractivity contribution in [1.82, 2.24) is 0 Å². The number of fused-ring (bicyclic) bond motifs is 1. The number of carboxylic acids is 1. The van der Waals surface area contributed by atoms with Gasteiger partial charge >= 0.3 is 5.97 Å². The average molecular weight is 373 g/mol. The molecule has 138 valence electrons. The Kier molecular flexibility index (Phi) is 4.51. The van der Waals surface area contributed by atoms with Crippen LogP contribution in [0.2, 0.25) is 0 Å². The highest BCUT2D eigenvalue weighted by atomic mass is 16.5. The Hall–Kier alpha value is -4.06. The summed E-state index contributed by atoms with van der Waals surface area (Å²) in [5.74, 6) is -0.580.